The van der Waals surface area contributed by atoms with E-state index in [1.807, 2.05) is 18.2 Å². The molecule has 0 bridgehead atoms. The number of H-pyrrole nitrogens is 1. The summed E-state index contributed by atoms with van der Waals surface area (Å²) in [6.07, 6.45) is 5.42. The van der Waals surface area contributed by atoms with Crippen molar-refractivity contribution in [3.05, 3.63) is 41.4 Å². The fourth-order valence-corrected chi connectivity index (χ4v) is 2.84. The van der Waals surface area contributed by atoms with Crippen LogP contribution in [0.2, 0.25) is 0 Å². The van der Waals surface area contributed by atoms with Gasteiger partial charge in [0.15, 0.2) is 5.69 Å². The minimum Gasteiger partial charge on any atom is -0.361 e. The van der Waals surface area contributed by atoms with E-state index in [-0.39, 0.29) is 0 Å². The van der Waals surface area contributed by atoms with Crippen molar-refractivity contribution in [2.24, 2.45) is 5.73 Å². The highest BCUT2D eigenvalue weighted by Gasteiger charge is 2.25. The van der Waals surface area contributed by atoms with Crippen LogP contribution in [0.3, 0.4) is 0 Å². The lowest BCUT2D eigenvalue weighted by Crippen LogP contribution is -2.14. The second-order valence-electron chi connectivity index (χ2n) is 4.86. The molecule has 3 N–H and O–H groups in total. The van der Waals surface area contributed by atoms with Crippen LogP contribution < -0.4 is 5.73 Å². The number of benzene rings is 1. The smallest absolute Gasteiger partial charge is 0.187 e. The lowest BCUT2D eigenvalue weighted by atomic mass is 9.97. The molecule has 3 nitrogen and oxygen atoms in total. The minimum absolute atomic E-state index is 0.342. The fraction of sp³-hybridized carbons (Fsp3) is 0.357. The van der Waals surface area contributed by atoms with Crippen molar-refractivity contribution in [1.82, 2.24) is 4.98 Å². The topological polar surface area (TPSA) is 46.2 Å². The number of hydrogen-bond donors (Lipinski definition) is 2. The number of nitrogens with zero attached hydrogens (tertiary/aromatic N) is 1. The van der Waals surface area contributed by atoms with Gasteiger partial charge < -0.3 is 10.7 Å². The molecule has 1 saturated carbocycles. The molecular weight excluding hydrogens is 210 g/mol. The Balaban J connectivity index is 2.08. The second kappa shape index (κ2) is 3.90. The molecule has 1 heterocycles. The maximum atomic E-state index is 7.08. The third-order valence-corrected chi connectivity index (χ3v) is 3.74. The van der Waals surface area contributed by atoms with Gasteiger partial charge in [0.05, 0.1) is 6.57 Å². The van der Waals surface area contributed by atoms with Gasteiger partial charge >= 0.3 is 0 Å². The van der Waals surface area contributed by atoms with Crippen molar-refractivity contribution in [3.8, 4) is 0 Å². The van der Waals surface area contributed by atoms with E-state index in [1.54, 1.807) is 0 Å². The molecule has 0 spiro atoms. The van der Waals surface area contributed by atoms with E-state index in [9.17, 15) is 0 Å². The molecule has 2 atom stereocenters. The van der Waals surface area contributed by atoms with Crippen LogP contribution in [0.4, 0.5) is 5.69 Å². The van der Waals surface area contributed by atoms with E-state index in [1.165, 1.54) is 10.9 Å². The molecular formula is C14H15N3. The van der Waals surface area contributed by atoms with Crippen LogP contribution >= 0.6 is 0 Å². The molecule has 0 saturated heterocycles. The third kappa shape index (κ3) is 1.71. The SMILES string of the molecule is [C-]#[N+]c1ccc2[nH]cc(C3CCC(N)C3)c2c1. The summed E-state index contributed by atoms with van der Waals surface area (Å²) in [5.41, 5.74) is 9.13. The zero-order valence-corrected chi connectivity index (χ0v) is 9.61. The lowest BCUT2D eigenvalue weighted by Gasteiger charge is -2.08. The van der Waals surface area contributed by atoms with Crippen LogP contribution in [0.15, 0.2) is 24.4 Å². The van der Waals surface area contributed by atoms with E-state index >= 15 is 0 Å². The second-order valence-corrected chi connectivity index (χ2v) is 4.86. The van der Waals surface area contributed by atoms with Gasteiger partial charge in [0.25, 0.3) is 0 Å². The molecule has 3 heteroatoms. The molecule has 2 aromatic rings. The summed E-state index contributed by atoms with van der Waals surface area (Å²) in [7, 11) is 0. The summed E-state index contributed by atoms with van der Waals surface area (Å²) in [6.45, 7) is 7.08. The molecule has 0 amide bonds. The highest BCUT2D eigenvalue weighted by atomic mass is 14.7. The van der Waals surface area contributed by atoms with Crippen LogP contribution in [0.1, 0.15) is 30.7 Å². The normalized spacial score (nSPS) is 24.0. The van der Waals surface area contributed by atoms with Gasteiger partial charge in [0, 0.05) is 17.8 Å². The number of aromatic nitrogens is 1. The lowest BCUT2D eigenvalue weighted by molar-refractivity contribution is 0.677. The van der Waals surface area contributed by atoms with Gasteiger partial charge in [-0.05, 0) is 48.3 Å². The van der Waals surface area contributed by atoms with E-state index < -0.39 is 0 Å². The number of rotatable bonds is 1. The quantitative estimate of drug-likeness (QED) is 0.718. The summed E-state index contributed by atoms with van der Waals surface area (Å²) in [6, 6.07) is 6.17. The van der Waals surface area contributed by atoms with Crippen LogP contribution in [0, 0.1) is 6.57 Å². The highest BCUT2D eigenvalue weighted by molar-refractivity contribution is 5.87. The van der Waals surface area contributed by atoms with Crippen molar-refractivity contribution in [2.45, 2.75) is 31.2 Å². The molecule has 2 unspecified atom stereocenters. The molecule has 1 aliphatic rings. The molecule has 86 valence electrons. The average Bonchev–Trinajstić information content (AvgIpc) is 2.93. The van der Waals surface area contributed by atoms with Gasteiger partial charge in [-0.2, -0.15) is 0 Å². The minimum atomic E-state index is 0.342. The van der Waals surface area contributed by atoms with Crippen molar-refractivity contribution in [1.29, 1.82) is 0 Å². The number of aromatic amines is 1. The van der Waals surface area contributed by atoms with Gasteiger partial charge in [-0.25, -0.2) is 4.85 Å². The molecule has 3 rings (SSSR count). The highest BCUT2D eigenvalue weighted by Crippen LogP contribution is 2.38. The van der Waals surface area contributed by atoms with Crippen molar-refractivity contribution < 1.29 is 0 Å². The van der Waals surface area contributed by atoms with Gasteiger partial charge in [0.1, 0.15) is 0 Å². The molecule has 1 aliphatic carbocycles. The first-order valence-corrected chi connectivity index (χ1v) is 6.02. The van der Waals surface area contributed by atoms with Crippen LogP contribution in [0.5, 0.6) is 0 Å². The van der Waals surface area contributed by atoms with E-state index in [0.717, 1.165) is 24.8 Å². The van der Waals surface area contributed by atoms with Gasteiger partial charge in [-0.3, -0.25) is 0 Å². The number of hydrogen-bond acceptors (Lipinski definition) is 1. The number of fused-ring (bicyclic) bond motifs is 1. The van der Waals surface area contributed by atoms with Crippen LogP contribution in [-0.2, 0) is 0 Å². The summed E-state index contributed by atoms with van der Waals surface area (Å²) < 4.78 is 0. The van der Waals surface area contributed by atoms with E-state index in [4.69, 9.17) is 12.3 Å². The molecule has 1 fully saturated rings. The predicted molar refractivity (Wildman–Crippen MR) is 69.1 cm³/mol. The summed E-state index contributed by atoms with van der Waals surface area (Å²) in [4.78, 5) is 6.78. The Morgan fingerprint density at radius 3 is 2.94 bits per heavy atom. The predicted octanol–water partition coefficient (Wildman–Crippen LogP) is 3.31. The first-order chi connectivity index (χ1) is 8.28. The van der Waals surface area contributed by atoms with Crippen molar-refractivity contribution in [2.75, 3.05) is 0 Å². The Morgan fingerprint density at radius 2 is 2.24 bits per heavy atom. The Morgan fingerprint density at radius 1 is 1.35 bits per heavy atom. The maximum Gasteiger partial charge on any atom is 0.187 e. The first-order valence-electron chi connectivity index (χ1n) is 6.02. The summed E-state index contributed by atoms with van der Waals surface area (Å²) in [5, 5.41) is 1.19. The van der Waals surface area contributed by atoms with Gasteiger partial charge in [-0.15, -0.1) is 0 Å². The zero-order valence-electron chi connectivity index (χ0n) is 9.61. The largest absolute Gasteiger partial charge is 0.361 e. The zero-order chi connectivity index (χ0) is 11.8. The standard InChI is InChI=1S/C14H15N3/c1-16-11-4-5-14-12(7-11)13(8-17-14)9-2-3-10(15)6-9/h4-5,7-10,17H,2-3,6,15H2. The number of nitrogens with two attached hydrogens (primary N) is 1. The molecule has 0 aliphatic heterocycles. The Hall–Kier alpha value is -1.79. The maximum absolute atomic E-state index is 7.08. The Labute approximate surface area is 100 Å². The fourth-order valence-electron chi connectivity index (χ4n) is 2.84. The van der Waals surface area contributed by atoms with E-state index in [0.29, 0.717) is 17.6 Å². The molecule has 17 heavy (non-hydrogen) atoms. The molecule has 0 radical (unpaired) electrons. The monoisotopic (exact) mass is 225 g/mol. The van der Waals surface area contributed by atoms with Crippen molar-refractivity contribution >= 4 is 16.6 Å². The van der Waals surface area contributed by atoms with Crippen LogP contribution in [-0.4, -0.2) is 11.0 Å². The summed E-state index contributed by atoms with van der Waals surface area (Å²) in [5.74, 6) is 0.555. The number of nitrogens with one attached hydrogen (secondary N) is 1. The Bertz CT molecular complexity index is 591. The average molecular weight is 225 g/mol. The molecule has 1 aromatic carbocycles. The van der Waals surface area contributed by atoms with Gasteiger partial charge in [0.2, 0.25) is 0 Å². The van der Waals surface area contributed by atoms with Crippen LogP contribution in [0.25, 0.3) is 15.7 Å². The Kier molecular flexibility index (Phi) is 2.38. The molecule has 1 aromatic heterocycles. The van der Waals surface area contributed by atoms with E-state index in [2.05, 4.69) is 16.0 Å². The third-order valence-electron chi connectivity index (χ3n) is 3.74. The summed E-state index contributed by atoms with van der Waals surface area (Å²) >= 11 is 0. The first kappa shape index (κ1) is 10.4. The van der Waals surface area contributed by atoms with Crippen molar-refractivity contribution in [3.63, 3.8) is 0 Å². The van der Waals surface area contributed by atoms with Gasteiger partial charge in [-0.1, -0.05) is 6.07 Å².